The van der Waals surface area contributed by atoms with Crippen LogP contribution in [0.2, 0.25) is 0 Å². The lowest BCUT2D eigenvalue weighted by molar-refractivity contribution is -0.164. The fraction of sp³-hybridized carbons (Fsp3) is 0.947. The van der Waals surface area contributed by atoms with Crippen LogP contribution in [0.1, 0.15) is 71.6 Å². The van der Waals surface area contributed by atoms with Crippen LogP contribution in [0.5, 0.6) is 0 Å². The Hall–Kier alpha value is -0.440. The lowest BCUT2D eigenvalue weighted by atomic mass is 9.48. The highest BCUT2D eigenvalue weighted by Crippen LogP contribution is 2.64. The molecule has 4 rings (SSSR count). The lowest BCUT2D eigenvalue weighted by Gasteiger charge is -2.58. The highest BCUT2D eigenvalue weighted by molar-refractivity contribution is 5.87. The van der Waals surface area contributed by atoms with Crippen molar-refractivity contribution in [2.75, 3.05) is 0 Å². The summed E-state index contributed by atoms with van der Waals surface area (Å²) in [6.45, 7) is 4.01. The van der Waals surface area contributed by atoms with Crippen LogP contribution in [0, 0.1) is 29.1 Å². The van der Waals surface area contributed by atoms with Gasteiger partial charge in [-0.25, -0.2) is 4.39 Å². The standard InChI is InChI=1S/C19H29FO2/c1-17(22)9-10-19(20)12(11-17)3-4-13-14-5-6-16(21)18(14,2)8-7-15(13)19/h12-15,22H,3-11H2,1-2H3/t12-,13+,14?,15?,17-,18+,19-/m1/s1. The Kier molecular flexibility index (Phi) is 3.13. The molecular weight excluding hydrogens is 279 g/mol. The molecule has 0 bridgehead atoms. The molecule has 0 aliphatic heterocycles. The largest absolute Gasteiger partial charge is 0.390 e. The van der Waals surface area contributed by atoms with Crippen LogP contribution < -0.4 is 0 Å². The highest BCUT2D eigenvalue weighted by Gasteiger charge is 2.63. The van der Waals surface area contributed by atoms with Gasteiger partial charge in [0.15, 0.2) is 0 Å². The maximum Gasteiger partial charge on any atom is 0.139 e. The number of hydrogen-bond acceptors (Lipinski definition) is 2. The van der Waals surface area contributed by atoms with Gasteiger partial charge in [-0.1, -0.05) is 6.92 Å². The average molecular weight is 308 g/mol. The van der Waals surface area contributed by atoms with E-state index in [1.165, 1.54) is 0 Å². The van der Waals surface area contributed by atoms with Gasteiger partial charge in [0.1, 0.15) is 11.5 Å². The Morgan fingerprint density at radius 3 is 2.59 bits per heavy atom. The summed E-state index contributed by atoms with van der Waals surface area (Å²) in [5.41, 5.74) is -1.93. The van der Waals surface area contributed by atoms with Crippen LogP contribution in [0.25, 0.3) is 0 Å². The fourth-order valence-electron chi connectivity index (χ4n) is 6.75. The van der Waals surface area contributed by atoms with E-state index in [9.17, 15) is 9.90 Å². The van der Waals surface area contributed by atoms with Crippen LogP contribution in [0.15, 0.2) is 0 Å². The first kappa shape index (κ1) is 15.1. The second kappa shape index (κ2) is 4.55. The van der Waals surface area contributed by atoms with Crippen molar-refractivity contribution in [3.8, 4) is 0 Å². The number of carbonyl (C=O) groups excluding carboxylic acids is 1. The van der Waals surface area contributed by atoms with E-state index in [0.717, 1.165) is 32.1 Å². The first-order valence-corrected chi connectivity index (χ1v) is 9.21. The molecule has 124 valence electrons. The Morgan fingerprint density at radius 1 is 1.05 bits per heavy atom. The lowest BCUT2D eigenvalue weighted by Crippen LogP contribution is -2.58. The van der Waals surface area contributed by atoms with Crippen molar-refractivity contribution in [2.24, 2.45) is 29.1 Å². The van der Waals surface area contributed by atoms with Crippen molar-refractivity contribution in [3.63, 3.8) is 0 Å². The van der Waals surface area contributed by atoms with Gasteiger partial charge in [-0.3, -0.25) is 4.79 Å². The number of alkyl halides is 1. The van der Waals surface area contributed by atoms with Crippen LogP contribution in [-0.4, -0.2) is 22.2 Å². The Labute approximate surface area is 132 Å². The zero-order chi connectivity index (χ0) is 15.8. The molecule has 3 heteroatoms. The zero-order valence-electron chi connectivity index (χ0n) is 13.9. The molecule has 4 saturated carbocycles. The van der Waals surface area contributed by atoms with Gasteiger partial charge >= 0.3 is 0 Å². The molecule has 4 aliphatic carbocycles. The van der Waals surface area contributed by atoms with Crippen molar-refractivity contribution < 1.29 is 14.3 Å². The molecule has 0 radical (unpaired) electrons. The molecule has 0 aromatic carbocycles. The Balaban J connectivity index is 1.63. The molecule has 4 aliphatic rings. The third kappa shape index (κ3) is 1.90. The molecule has 0 amide bonds. The molecule has 2 nitrogen and oxygen atoms in total. The number of ketones is 1. The van der Waals surface area contributed by atoms with E-state index in [1.807, 2.05) is 6.92 Å². The van der Waals surface area contributed by atoms with Crippen LogP contribution in [0.3, 0.4) is 0 Å². The van der Waals surface area contributed by atoms with E-state index in [2.05, 4.69) is 6.92 Å². The molecule has 1 N–H and O–H groups in total. The average Bonchev–Trinajstić information content (AvgIpc) is 2.76. The third-order valence-electron chi connectivity index (χ3n) is 8.02. The number of carbonyl (C=O) groups is 1. The number of rotatable bonds is 0. The summed E-state index contributed by atoms with van der Waals surface area (Å²) in [6, 6.07) is 0. The number of halogens is 1. The van der Waals surface area contributed by atoms with E-state index in [1.54, 1.807) is 0 Å². The predicted molar refractivity (Wildman–Crippen MR) is 83.1 cm³/mol. The van der Waals surface area contributed by atoms with E-state index >= 15 is 4.39 Å². The zero-order valence-corrected chi connectivity index (χ0v) is 13.9. The molecule has 7 atom stereocenters. The minimum Gasteiger partial charge on any atom is -0.390 e. The van der Waals surface area contributed by atoms with Crippen molar-refractivity contribution in [2.45, 2.75) is 82.9 Å². The molecule has 4 fully saturated rings. The number of fused-ring (bicyclic) bond motifs is 5. The van der Waals surface area contributed by atoms with Crippen LogP contribution in [0.4, 0.5) is 4.39 Å². The quantitative estimate of drug-likeness (QED) is 0.733. The molecular formula is C19H29FO2. The van der Waals surface area contributed by atoms with Crippen LogP contribution in [-0.2, 0) is 4.79 Å². The fourth-order valence-corrected chi connectivity index (χ4v) is 6.75. The van der Waals surface area contributed by atoms with Gasteiger partial charge in [0.05, 0.1) is 5.60 Å². The summed E-state index contributed by atoms with van der Waals surface area (Å²) in [6.07, 6.45) is 7.13. The van der Waals surface area contributed by atoms with Gasteiger partial charge in [-0.2, -0.15) is 0 Å². The van der Waals surface area contributed by atoms with Gasteiger partial charge in [-0.15, -0.1) is 0 Å². The summed E-state index contributed by atoms with van der Waals surface area (Å²) in [5, 5.41) is 10.3. The van der Waals surface area contributed by atoms with Gasteiger partial charge < -0.3 is 5.11 Å². The summed E-state index contributed by atoms with van der Waals surface area (Å²) in [5.74, 6) is 1.40. The maximum atomic E-state index is 16.0. The van der Waals surface area contributed by atoms with Crippen molar-refractivity contribution in [1.29, 1.82) is 0 Å². The molecule has 0 aromatic heterocycles. The second-order valence-corrected chi connectivity index (χ2v) is 9.20. The van der Waals surface area contributed by atoms with Gasteiger partial charge in [-0.05, 0) is 82.0 Å². The molecule has 0 heterocycles. The van der Waals surface area contributed by atoms with Crippen molar-refractivity contribution in [1.82, 2.24) is 0 Å². The smallest absolute Gasteiger partial charge is 0.139 e. The normalized spacial score (nSPS) is 57.9. The van der Waals surface area contributed by atoms with E-state index < -0.39 is 11.3 Å². The minimum atomic E-state index is -1.09. The summed E-state index contributed by atoms with van der Waals surface area (Å²) in [4.78, 5) is 12.3. The number of Topliss-reactive ketones (excluding diaryl/α,β-unsaturated/α-hetero) is 1. The summed E-state index contributed by atoms with van der Waals surface area (Å²) >= 11 is 0. The molecule has 0 saturated heterocycles. The minimum absolute atomic E-state index is 0.0268. The predicted octanol–water partition coefficient (Wildman–Crippen LogP) is 4.05. The van der Waals surface area contributed by atoms with E-state index in [4.69, 9.17) is 0 Å². The van der Waals surface area contributed by atoms with Gasteiger partial charge in [0, 0.05) is 11.8 Å². The Morgan fingerprint density at radius 2 is 1.82 bits per heavy atom. The Bertz CT molecular complexity index is 502. The summed E-state index contributed by atoms with van der Waals surface area (Å²) in [7, 11) is 0. The topological polar surface area (TPSA) is 37.3 Å². The van der Waals surface area contributed by atoms with Crippen molar-refractivity contribution >= 4 is 5.78 Å². The van der Waals surface area contributed by atoms with Crippen LogP contribution >= 0.6 is 0 Å². The first-order valence-electron chi connectivity index (χ1n) is 9.21. The maximum absolute atomic E-state index is 16.0. The molecule has 2 unspecified atom stereocenters. The third-order valence-corrected chi connectivity index (χ3v) is 8.02. The van der Waals surface area contributed by atoms with E-state index in [0.29, 0.717) is 43.3 Å². The van der Waals surface area contributed by atoms with E-state index in [-0.39, 0.29) is 17.3 Å². The molecule has 22 heavy (non-hydrogen) atoms. The monoisotopic (exact) mass is 308 g/mol. The molecule has 0 spiro atoms. The summed E-state index contributed by atoms with van der Waals surface area (Å²) < 4.78 is 16.0. The number of hydrogen-bond donors (Lipinski definition) is 1. The van der Waals surface area contributed by atoms with Gasteiger partial charge in [0.2, 0.25) is 0 Å². The first-order chi connectivity index (χ1) is 10.3. The number of aliphatic hydroxyl groups is 1. The molecule has 0 aromatic rings. The SMILES string of the molecule is C[C@@]1(O)CC[C@]2(F)C3CC[C@]4(C)C(=O)CCC4[C@@H]3CC[C@@H]2C1. The second-order valence-electron chi connectivity index (χ2n) is 9.20. The van der Waals surface area contributed by atoms with Gasteiger partial charge in [0.25, 0.3) is 0 Å². The van der Waals surface area contributed by atoms with Crippen molar-refractivity contribution in [3.05, 3.63) is 0 Å². The highest BCUT2D eigenvalue weighted by atomic mass is 19.1.